The summed E-state index contributed by atoms with van der Waals surface area (Å²) in [7, 11) is 0. The average Bonchev–Trinajstić information content (AvgIpc) is 3.24. The quantitative estimate of drug-likeness (QED) is 0.723. The number of carbonyl (C=O) groups excluding carboxylic acids is 1. The minimum Gasteiger partial charge on any atom is -0.438 e. The number of rotatable bonds is 4. The Kier molecular flexibility index (Phi) is 4.64. The van der Waals surface area contributed by atoms with Crippen LogP contribution in [0.1, 0.15) is 29.2 Å². The van der Waals surface area contributed by atoms with E-state index >= 15 is 0 Å². The van der Waals surface area contributed by atoms with E-state index in [0.29, 0.717) is 23.7 Å². The molecular formula is C20H20N4O2. The highest BCUT2D eigenvalue weighted by Gasteiger charge is 2.27. The maximum Gasteiger partial charge on any atom is 0.259 e. The Labute approximate surface area is 152 Å². The maximum atomic E-state index is 13.1. The highest BCUT2D eigenvalue weighted by Crippen LogP contribution is 2.27. The van der Waals surface area contributed by atoms with E-state index in [1.807, 2.05) is 52.2 Å². The molecule has 132 valence electrons. The van der Waals surface area contributed by atoms with Gasteiger partial charge in [0.2, 0.25) is 5.88 Å². The molecule has 1 saturated heterocycles. The number of hydrogen-bond donors (Lipinski definition) is 0. The molecule has 0 unspecified atom stereocenters. The van der Waals surface area contributed by atoms with E-state index in [1.54, 1.807) is 24.5 Å². The number of hydrogen-bond acceptors (Lipinski definition) is 4. The number of nitrogens with zero attached hydrogens (tertiary/aromatic N) is 4. The van der Waals surface area contributed by atoms with E-state index in [2.05, 4.69) is 10.1 Å². The van der Waals surface area contributed by atoms with Gasteiger partial charge in [0.05, 0.1) is 6.04 Å². The van der Waals surface area contributed by atoms with Crippen LogP contribution in [-0.2, 0) is 0 Å². The van der Waals surface area contributed by atoms with Gasteiger partial charge in [-0.15, -0.1) is 0 Å². The number of ether oxygens (including phenoxy) is 1. The summed E-state index contributed by atoms with van der Waals surface area (Å²) >= 11 is 0. The van der Waals surface area contributed by atoms with Gasteiger partial charge in [0.25, 0.3) is 5.91 Å². The number of para-hydroxylation sites is 1. The fraction of sp³-hybridized carbons (Fsp3) is 0.250. The smallest absolute Gasteiger partial charge is 0.259 e. The predicted octanol–water partition coefficient (Wildman–Crippen LogP) is 3.55. The molecule has 1 fully saturated rings. The summed E-state index contributed by atoms with van der Waals surface area (Å²) in [4.78, 5) is 19.2. The van der Waals surface area contributed by atoms with Crippen molar-refractivity contribution >= 4 is 5.91 Å². The van der Waals surface area contributed by atoms with Gasteiger partial charge >= 0.3 is 0 Å². The number of likely N-dealkylation sites (tertiary alicyclic amines) is 1. The molecule has 4 rings (SSSR count). The molecular weight excluding hydrogens is 328 g/mol. The van der Waals surface area contributed by atoms with Crippen LogP contribution < -0.4 is 4.74 Å². The number of carbonyl (C=O) groups is 1. The second kappa shape index (κ2) is 7.39. The molecule has 3 heterocycles. The first-order chi connectivity index (χ1) is 12.8. The van der Waals surface area contributed by atoms with Gasteiger partial charge in [0, 0.05) is 31.7 Å². The second-order valence-corrected chi connectivity index (χ2v) is 6.30. The summed E-state index contributed by atoms with van der Waals surface area (Å²) in [5.74, 6) is 0.944. The van der Waals surface area contributed by atoms with Gasteiger partial charge in [-0.25, -0.2) is 4.98 Å². The van der Waals surface area contributed by atoms with Gasteiger partial charge in [-0.05, 0) is 43.2 Å². The van der Waals surface area contributed by atoms with Crippen molar-refractivity contribution in [3.8, 4) is 11.6 Å². The van der Waals surface area contributed by atoms with Gasteiger partial charge in [-0.1, -0.05) is 18.2 Å². The zero-order valence-electron chi connectivity index (χ0n) is 14.4. The molecule has 6 heteroatoms. The Morgan fingerprint density at radius 3 is 2.77 bits per heavy atom. The largest absolute Gasteiger partial charge is 0.438 e. The average molecular weight is 348 g/mol. The van der Waals surface area contributed by atoms with Crippen molar-refractivity contribution in [3.63, 3.8) is 0 Å². The molecule has 1 aliphatic heterocycles. The lowest BCUT2D eigenvalue weighted by atomic mass is 10.0. The first-order valence-electron chi connectivity index (χ1n) is 8.77. The van der Waals surface area contributed by atoms with Crippen molar-refractivity contribution in [2.45, 2.75) is 18.9 Å². The minimum absolute atomic E-state index is 0.0547. The van der Waals surface area contributed by atoms with Crippen LogP contribution >= 0.6 is 0 Å². The van der Waals surface area contributed by atoms with Crippen molar-refractivity contribution in [1.82, 2.24) is 19.7 Å². The van der Waals surface area contributed by atoms with Gasteiger partial charge < -0.3 is 9.64 Å². The van der Waals surface area contributed by atoms with E-state index in [-0.39, 0.29) is 11.9 Å². The van der Waals surface area contributed by atoms with Crippen molar-refractivity contribution in [3.05, 3.63) is 72.7 Å². The van der Waals surface area contributed by atoms with Crippen molar-refractivity contribution in [2.24, 2.45) is 0 Å². The van der Waals surface area contributed by atoms with Crippen molar-refractivity contribution < 1.29 is 9.53 Å². The van der Waals surface area contributed by atoms with E-state index in [9.17, 15) is 4.79 Å². The monoisotopic (exact) mass is 348 g/mol. The third-order valence-electron chi connectivity index (χ3n) is 4.54. The van der Waals surface area contributed by atoms with Crippen LogP contribution in [-0.4, -0.2) is 38.7 Å². The molecule has 0 N–H and O–H groups in total. The Balaban J connectivity index is 1.54. The number of aromatic nitrogens is 3. The molecule has 0 saturated carbocycles. The highest BCUT2D eigenvalue weighted by molar-refractivity contribution is 5.96. The van der Waals surface area contributed by atoms with Gasteiger partial charge in [0.1, 0.15) is 11.3 Å². The summed E-state index contributed by atoms with van der Waals surface area (Å²) in [6.07, 6.45) is 7.33. The van der Waals surface area contributed by atoms with Crippen LogP contribution in [0.5, 0.6) is 11.6 Å². The van der Waals surface area contributed by atoms with E-state index < -0.39 is 0 Å². The number of benzene rings is 1. The Morgan fingerprint density at radius 1 is 1.08 bits per heavy atom. The van der Waals surface area contributed by atoms with Gasteiger partial charge in [0.15, 0.2) is 0 Å². The van der Waals surface area contributed by atoms with Crippen LogP contribution in [0.25, 0.3) is 0 Å². The van der Waals surface area contributed by atoms with Crippen LogP contribution in [0, 0.1) is 0 Å². The number of amides is 1. The summed E-state index contributed by atoms with van der Waals surface area (Å²) in [5.41, 5.74) is 0.484. The van der Waals surface area contributed by atoms with Gasteiger partial charge in [-0.3, -0.25) is 9.48 Å². The molecule has 0 radical (unpaired) electrons. The topological polar surface area (TPSA) is 60.2 Å². The summed E-state index contributed by atoms with van der Waals surface area (Å²) < 4.78 is 7.78. The molecule has 0 aliphatic carbocycles. The molecule has 0 bridgehead atoms. The van der Waals surface area contributed by atoms with E-state index in [1.165, 1.54) is 0 Å². The van der Waals surface area contributed by atoms with Crippen LogP contribution in [0.4, 0.5) is 0 Å². The standard InChI is InChI=1S/C20H20N4O2/c25-20(23-13-5-7-16(15-23)24-14-6-12-22-24)18-10-4-11-21-19(18)26-17-8-2-1-3-9-17/h1-4,6,8-12,14,16H,5,7,13,15H2/t16-/m0/s1. The third-order valence-corrected chi connectivity index (χ3v) is 4.54. The van der Waals surface area contributed by atoms with Crippen molar-refractivity contribution in [1.29, 1.82) is 0 Å². The zero-order valence-corrected chi connectivity index (χ0v) is 14.4. The SMILES string of the molecule is O=C(c1cccnc1Oc1ccccc1)N1CCC[C@H](n2cccn2)C1. The van der Waals surface area contributed by atoms with Crippen LogP contribution in [0.15, 0.2) is 67.1 Å². The fourth-order valence-corrected chi connectivity index (χ4v) is 3.26. The first-order valence-corrected chi connectivity index (χ1v) is 8.77. The molecule has 1 aromatic carbocycles. The molecule has 3 aromatic rings. The third kappa shape index (κ3) is 3.44. The maximum absolute atomic E-state index is 13.1. The van der Waals surface area contributed by atoms with E-state index in [0.717, 1.165) is 19.4 Å². The van der Waals surface area contributed by atoms with Crippen molar-refractivity contribution in [2.75, 3.05) is 13.1 Å². The zero-order chi connectivity index (χ0) is 17.8. The molecule has 6 nitrogen and oxygen atoms in total. The Bertz CT molecular complexity index is 865. The molecule has 26 heavy (non-hydrogen) atoms. The second-order valence-electron chi connectivity index (χ2n) is 6.30. The van der Waals surface area contributed by atoms with Crippen LogP contribution in [0.3, 0.4) is 0 Å². The first kappa shape index (κ1) is 16.3. The molecule has 2 aromatic heterocycles. The minimum atomic E-state index is -0.0547. The normalized spacial score (nSPS) is 17.1. The lowest BCUT2D eigenvalue weighted by Crippen LogP contribution is -2.41. The van der Waals surface area contributed by atoms with E-state index in [4.69, 9.17) is 4.74 Å². The Morgan fingerprint density at radius 2 is 1.96 bits per heavy atom. The van der Waals surface area contributed by atoms with Crippen LogP contribution in [0.2, 0.25) is 0 Å². The molecule has 1 aliphatic rings. The predicted molar refractivity (Wildman–Crippen MR) is 97.2 cm³/mol. The molecule has 1 amide bonds. The summed E-state index contributed by atoms with van der Waals surface area (Å²) in [6, 6.07) is 15.0. The number of piperidine rings is 1. The summed E-state index contributed by atoms with van der Waals surface area (Å²) in [6.45, 7) is 1.37. The summed E-state index contributed by atoms with van der Waals surface area (Å²) in [5, 5.41) is 4.32. The van der Waals surface area contributed by atoms with Gasteiger partial charge in [-0.2, -0.15) is 5.10 Å². The highest BCUT2D eigenvalue weighted by atomic mass is 16.5. The lowest BCUT2D eigenvalue weighted by molar-refractivity contribution is 0.0669. The molecule has 1 atom stereocenters. The fourth-order valence-electron chi connectivity index (χ4n) is 3.26. The lowest BCUT2D eigenvalue weighted by Gasteiger charge is -2.33. The Hall–Kier alpha value is -3.15. The molecule has 0 spiro atoms. The number of pyridine rings is 1.